The molecule has 0 aliphatic heterocycles. The summed E-state index contributed by atoms with van der Waals surface area (Å²) < 4.78 is 0. The zero-order valence-electron chi connectivity index (χ0n) is 37.9. The number of aromatic nitrogens is 2. The lowest BCUT2D eigenvalue weighted by Crippen LogP contribution is -2.53. The molecule has 3 amide bonds. The number of aryl methyl sites for hydroxylation is 2. The Kier molecular flexibility index (Phi) is 24.9. The van der Waals surface area contributed by atoms with Gasteiger partial charge in [-0.2, -0.15) is 0 Å². The summed E-state index contributed by atoms with van der Waals surface area (Å²) in [5.74, 6) is -1.83. The Morgan fingerprint density at radius 3 is 1.65 bits per heavy atom. The number of nitrogens with one attached hydrogen (secondary N) is 5. The molecule has 0 aliphatic carbocycles. The number of nitrogens with zero attached hydrogens (tertiary/aromatic N) is 3. The van der Waals surface area contributed by atoms with Gasteiger partial charge >= 0.3 is 6.09 Å². The van der Waals surface area contributed by atoms with E-state index in [1.165, 1.54) is 4.90 Å². The van der Waals surface area contributed by atoms with E-state index in [0.29, 0.717) is 19.4 Å². The van der Waals surface area contributed by atoms with Crippen LogP contribution in [0.5, 0.6) is 0 Å². The second-order valence-electron chi connectivity index (χ2n) is 16.5. The van der Waals surface area contributed by atoms with Crippen molar-refractivity contribution in [3.8, 4) is 11.1 Å². The fraction of sp³-hybridized carbons (Fsp3) is 0.545. The molecule has 20 N–H and O–H groups in total. The first-order valence-electron chi connectivity index (χ1n) is 22.3. The van der Waals surface area contributed by atoms with Gasteiger partial charge < -0.3 is 83.6 Å². The van der Waals surface area contributed by atoms with E-state index in [9.17, 15) is 60.3 Å². The maximum absolute atomic E-state index is 13.1. The Morgan fingerprint density at radius 2 is 1.14 bits per heavy atom. The average molecular weight is 996 g/mol. The van der Waals surface area contributed by atoms with Crippen LogP contribution in [-0.2, 0) is 17.6 Å². The van der Waals surface area contributed by atoms with Crippen LogP contribution in [0.2, 0.25) is 5.15 Å². The van der Waals surface area contributed by atoms with Crippen molar-refractivity contribution in [2.45, 2.75) is 106 Å². The van der Waals surface area contributed by atoms with Crippen molar-refractivity contribution >= 4 is 47.1 Å². The summed E-state index contributed by atoms with van der Waals surface area (Å²) in [6.07, 6.45) is -12.3. The fourth-order valence-electron chi connectivity index (χ4n) is 7.08. The van der Waals surface area contributed by atoms with Gasteiger partial charge in [-0.15, -0.1) is 0 Å². The quantitative estimate of drug-likeness (QED) is 0.0183. The Bertz CT molecular complexity index is 2030. The molecule has 69 heavy (non-hydrogen) atoms. The number of anilines is 2. The summed E-state index contributed by atoms with van der Waals surface area (Å²) in [6, 6.07) is 15.0. The number of carbonyl (C=O) groups is 3. The molecule has 0 bridgehead atoms. The van der Waals surface area contributed by atoms with E-state index in [1.54, 1.807) is 0 Å². The van der Waals surface area contributed by atoms with Crippen LogP contribution in [0.15, 0.2) is 48.5 Å². The summed E-state index contributed by atoms with van der Waals surface area (Å²) in [5.41, 5.74) is 15.2. The molecule has 0 aliphatic rings. The van der Waals surface area contributed by atoms with Gasteiger partial charge in [0.15, 0.2) is 28.4 Å². The summed E-state index contributed by atoms with van der Waals surface area (Å²) in [4.78, 5) is 45.9. The second-order valence-corrected chi connectivity index (χ2v) is 16.8. The van der Waals surface area contributed by atoms with Gasteiger partial charge in [0.25, 0.3) is 5.91 Å². The number of guanidine groups is 1. The zero-order chi connectivity index (χ0) is 51.2. The van der Waals surface area contributed by atoms with E-state index in [0.717, 1.165) is 41.5 Å². The molecule has 3 aromatic rings. The monoisotopic (exact) mass is 994 g/mol. The Hall–Kier alpha value is -5.35. The average Bonchev–Trinajstić information content (AvgIpc) is 3.33. The molecule has 0 saturated carbocycles. The lowest BCUT2D eigenvalue weighted by Gasteiger charge is -2.33. The van der Waals surface area contributed by atoms with Crippen LogP contribution in [0.25, 0.3) is 11.1 Å². The highest BCUT2D eigenvalue weighted by molar-refractivity contribution is 6.31. The third-order valence-corrected chi connectivity index (χ3v) is 11.4. The molecular weight excluding hydrogens is 928 g/mol. The first-order chi connectivity index (χ1) is 32.7. The molecule has 0 radical (unpaired) electrons. The number of halogens is 1. The van der Waals surface area contributed by atoms with Crippen molar-refractivity contribution < 1.29 is 70.6 Å². The van der Waals surface area contributed by atoms with Crippen molar-refractivity contribution in [2.75, 3.05) is 57.4 Å². The molecule has 0 spiro atoms. The number of carboxylic acid groups (broad SMARTS) is 1. The van der Waals surface area contributed by atoms with Gasteiger partial charge in [0, 0.05) is 26.2 Å². The van der Waals surface area contributed by atoms with Gasteiger partial charge in [0.2, 0.25) is 5.91 Å². The van der Waals surface area contributed by atoms with E-state index < -0.39 is 99.1 Å². The molecule has 3 rings (SSSR count). The van der Waals surface area contributed by atoms with Crippen molar-refractivity contribution in [3.63, 3.8) is 0 Å². The van der Waals surface area contributed by atoms with Gasteiger partial charge in [-0.1, -0.05) is 60.1 Å². The van der Waals surface area contributed by atoms with Crippen molar-refractivity contribution in [3.05, 3.63) is 70.5 Å². The number of aliphatic hydroxyl groups excluding tert-OH is 10. The summed E-state index contributed by atoms with van der Waals surface area (Å²) in [5, 5.41) is 127. The first kappa shape index (κ1) is 58.0. The molecule has 9 atom stereocenters. The standard InChI is InChI=1S/C44H67ClN10O14/c45-38-40(47)53-39(46)33(52-38)42(67)54-43(48)50-17-3-1-6-24-9-13-26(14-10-24)27-15-11-25(12-16-27)7-5-18-49-41(66)28(51-44(68)69)8-2-4-19-55(20-29(58)34(62)36(64)31(60)22-56)21-30(59)35(63)37(65)32(61)23-57/h9-16,28-32,34-37,51,56-65H,1-8,17-23H2,(H,49,66)(H,68,69)(H4,46,47,53)(H3,48,50,54,67)/t28-,29-,30-,31+,32+,34+,35+,36+,37+/m0/s1. The van der Waals surface area contributed by atoms with Crippen LogP contribution < -0.4 is 32.7 Å². The van der Waals surface area contributed by atoms with Crippen molar-refractivity contribution in [1.29, 1.82) is 5.41 Å². The van der Waals surface area contributed by atoms with E-state index in [1.807, 2.05) is 36.4 Å². The predicted octanol–water partition coefficient (Wildman–Crippen LogP) is -2.73. The minimum absolute atomic E-state index is 0.00790. The molecule has 0 fully saturated rings. The summed E-state index contributed by atoms with van der Waals surface area (Å²) >= 11 is 5.82. The highest BCUT2D eigenvalue weighted by Gasteiger charge is 2.34. The van der Waals surface area contributed by atoms with Gasteiger partial charge in [0.05, 0.1) is 25.4 Å². The van der Waals surface area contributed by atoms with Gasteiger partial charge in [-0.25, -0.2) is 14.8 Å². The van der Waals surface area contributed by atoms with Gasteiger partial charge in [-0.3, -0.25) is 25.2 Å². The molecule has 24 nitrogen and oxygen atoms in total. The normalized spacial score (nSPS) is 15.5. The molecule has 0 unspecified atom stereocenters. The lowest BCUT2D eigenvalue weighted by atomic mass is 9.99. The SMILES string of the molecule is N=C(NCCCCc1ccc(-c2ccc(CCCNC(=O)[C@H](CCCCN(C[C@H](O)[C@@H](O)[C@H](O)[C@H](O)CO)C[C@H](O)[C@@H](O)[C@H](O)[C@H](O)CO)NC(=O)O)cc2)cc1)NC(=O)c1nc(Cl)c(N)nc1N. The molecule has 0 saturated heterocycles. The van der Waals surface area contributed by atoms with Crippen molar-refractivity contribution in [1.82, 2.24) is 36.1 Å². The van der Waals surface area contributed by atoms with Gasteiger partial charge in [0.1, 0.15) is 42.7 Å². The number of nitrogen functional groups attached to an aromatic ring is 2. The van der Waals surface area contributed by atoms with Crippen LogP contribution in [0.4, 0.5) is 16.4 Å². The van der Waals surface area contributed by atoms with Crippen molar-refractivity contribution in [2.24, 2.45) is 0 Å². The number of aliphatic hydroxyl groups is 10. The maximum Gasteiger partial charge on any atom is 0.405 e. The van der Waals surface area contributed by atoms with Crippen LogP contribution >= 0.6 is 11.6 Å². The van der Waals surface area contributed by atoms with Crippen LogP contribution in [-0.4, -0.2) is 196 Å². The Morgan fingerprint density at radius 1 is 0.652 bits per heavy atom. The lowest BCUT2D eigenvalue weighted by molar-refractivity contribution is -0.130. The minimum atomic E-state index is -1.95. The number of rotatable bonds is 30. The molecule has 2 aromatic carbocycles. The number of benzene rings is 2. The van der Waals surface area contributed by atoms with E-state index in [-0.39, 0.29) is 60.8 Å². The Balaban J connectivity index is 1.42. The highest BCUT2D eigenvalue weighted by atomic mass is 35.5. The summed E-state index contributed by atoms with van der Waals surface area (Å²) in [6.45, 7) is -2.05. The van der Waals surface area contributed by atoms with Crippen LogP contribution in [0, 0.1) is 5.41 Å². The number of hydrogen-bond acceptors (Lipinski definition) is 19. The molecular formula is C44H67ClN10O14. The van der Waals surface area contributed by atoms with Crippen LogP contribution in [0.1, 0.15) is 60.1 Å². The largest absolute Gasteiger partial charge is 0.465 e. The van der Waals surface area contributed by atoms with E-state index in [4.69, 9.17) is 38.7 Å². The molecule has 1 aromatic heterocycles. The number of nitrogens with two attached hydrogens (primary N) is 2. The zero-order valence-corrected chi connectivity index (χ0v) is 38.7. The third-order valence-electron chi connectivity index (χ3n) is 11.1. The number of unbranched alkanes of at least 4 members (excludes halogenated alkanes) is 2. The number of amides is 3. The van der Waals surface area contributed by atoms with Crippen LogP contribution in [0.3, 0.4) is 0 Å². The summed E-state index contributed by atoms with van der Waals surface area (Å²) in [7, 11) is 0. The topological polar surface area (TPSA) is 427 Å². The third kappa shape index (κ3) is 19.5. The molecule has 25 heteroatoms. The molecule has 384 valence electrons. The predicted molar refractivity (Wildman–Crippen MR) is 253 cm³/mol. The maximum atomic E-state index is 13.1. The van der Waals surface area contributed by atoms with Gasteiger partial charge in [-0.05, 0) is 80.2 Å². The fourth-order valence-corrected chi connectivity index (χ4v) is 7.21. The van der Waals surface area contributed by atoms with E-state index >= 15 is 0 Å². The molecule has 1 heterocycles. The number of carbonyl (C=O) groups excluding carboxylic acids is 2. The first-order valence-corrected chi connectivity index (χ1v) is 22.7. The van der Waals surface area contributed by atoms with E-state index in [2.05, 4.69) is 43.4 Å². The smallest absolute Gasteiger partial charge is 0.405 e. The second kappa shape index (κ2) is 29.6. The number of hydrogen-bond donors (Lipinski definition) is 18. The minimum Gasteiger partial charge on any atom is -0.465 e. The highest BCUT2D eigenvalue weighted by Crippen LogP contribution is 2.22. The Labute approximate surface area is 403 Å².